The minimum absolute atomic E-state index is 0.00330. The molecule has 0 N–H and O–H groups in total. The van der Waals surface area contributed by atoms with Crippen LogP contribution in [-0.2, 0) is 20.7 Å². The van der Waals surface area contributed by atoms with Crippen molar-refractivity contribution in [2.24, 2.45) is 5.92 Å². The summed E-state index contributed by atoms with van der Waals surface area (Å²) < 4.78 is 21.4. The SMILES string of the molecule is CC(=O)SC1CCN(C(C(=O)C2CC2)c2ccccc2F)C/C1=C\CCc1ccn(C(=O)OC(C)(C)C)n1. The Morgan fingerprint density at radius 1 is 1.18 bits per heavy atom. The zero-order valence-corrected chi connectivity index (χ0v) is 23.3. The van der Waals surface area contributed by atoms with Crippen LogP contribution in [0.1, 0.15) is 70.7 Å². The van der Waals surface area contributed by atoms with Gasteiger partial charge in [0, 0.05) is 42.9 Å². The summed E-state index contributed by atoms with van der Waals surface area (Å²) >= 11 is 1.31. The van der Waals surface area contributed by atoms with E-state index in [0.717, 1.165) is 24.1 Å². The fourth-order valence-corrected chi connectivity index (χ4v) is 5.71. The van der Waals surface area contributed by atoms with E-state index in [2.05, 4.69) is 16.1 Å². The van der Waals surface area contributed by atoms with E-state index < -0.39 is 17.7 Å². The second kappa shape index (κ2) is 11.9. The van der Waals surface area contributed by atoms with Crippen LogP contribution in [0.4, 0.5) is 9.18 Å². The van der Waals surface area contributed by atoms with Gasteiger partial charge in [-0.2, -0.15) is 9.78 Å². The number of aryl methyl sites for hydroxylation is 1. The van der Waals surface area contributed by atoms with Crippen molar-refractivity contribution in [1.29, 1.82) is 0 Å². The number of carbonyl (C=O) groups excluding carboxylic acids is 3. The smallest absolute Gasteiger partial charge is 0.435 e. The lowest BCUT2D eigenvalue weighted by Gasteiger charge is -2.38. The number of rotatable bonds is 8. The maximum absolute atomic E-state index is 14.8. The van der Waals surface area contributed by atoms with Gasteiger partial charge in [0.15, 0.2) is 10.9 Å². The second-order valence-corrected chi connectivity index (χ2v) is 12.4. The van der Waals surface area contributed by atoms with Crippen LogP contribution in [0.5, 0.6) is 0 Å². The molecule has 0 radical (unpaired) electrons. The molecule has 0 spiro atoms. The van der Waals surface area contributed by atoms with Crippen molar-refractivity contribution in [3.05, 3.63) is 65.3 Å². The highest BCUT2D eigenvalue weighted by atomic mass is 32.2. The molecule has 2 heterocycles. The molecule has 0 amide bonds. The van der Waals surface area contributed by atoms with Crippen LogP contribution in [-0.4, -0.2) is 55.6 Å². The van der Waals surface area contributed by atoms with Crippen LogP contribution in [0.3, 0.4) is 0 Å². The van der Waals surface area contributed by atoms with Crippen molar-refractivity contribution in [2.45, 2.75) is 76.7 Å². The first-order chi connectivity index (χ1) is 18.0. The molecule has 1 aliphatic heterocycles. The number of thioether (sulfide) groups is 1. The van der Waals surface area contributed by atoms with Crippen LogP contribution < -0.4 is 0 Å². The van der Waals surface area contributed by atoms with Gasteiger partial charge < -0.3 is 4.74 Å². The Hall–Kier alpha value is -2.78. The van der Waals surface area contributed by atoms with Gasteiger partial charge in [-0.15, -0.1) is 0 Å². The fourth-order valence-electron chi connectivity index (χ4n) is 4.76. The normalized spacial score (nSPS) is 20.3. The van der Waals surface area contributed by atoms with Crippen LogP contribution in [0, 0.1) is 11.7 Å². The number of halogens is 1. The van der Waals surface area contributed by atoms with Crippen LogP contribution in [0.2, 0.25) is 0 Å². The van der Waals surface area contributed by atoms with Gasteiger partial charge >= 0.3 is 6.09 Å². The highest BCUT2D eigenvalue weighted by Crippen LogP contribution is 2.40. The molecule has 1 aliphatic carbocycles. The van der Waals surface area contributed by atoms with Crippen molar-refractivity contribution >= 4 is 28.8 Å². The van der Waals surface area contributed by atoms with Gasteiger partial charge in [-0.3, -0.25) is 14.5 Å². The van der Waals surface area contributed by atoms with Gasteiger partial charge in [-0.1, -0.05) is 36.0 Å². The number of allylic oxidation sites excluding steroid dienone is 1. The molecule has 204 valence electrons. The molecule has 7 nitrogen and oxygen atoms in total. The van der Waals surface area contributed by atoms with E-state index in [4.69, 9.17) is 4.74 Å². The Morgan fingerprint density at radius 2 is 1.92 bits per heavy atom. The number of hydrogen-bond acceptors (Lipinski definition) is 7. The summed E-state index contributed by atoms with van der Waals surface area (Å²) in [4.78, 5) is 39.6. The molecule has 1 saturated carbocycles. The largest absolute Gasteiger partial charge is 0.442 e. The van der Waals surface area contributed by atoms with Gasteiger partial charge in [0.25, 0.3) is 0 Å². The van der Waals surface area contributed by atoms with Crippen LogP contribution in [0.15, 0.2) is 48.2 Å². The summed E-state index contributed by atoms with van der Waals surface area (Å²) in [6, 6.07) is 7.70. The molecule has 1 aromatic heterocycles. The molecule has 4 rings (SSSR count). The fraction of sp³-hybridized carbons (Fsp3) is 0.517. The first-order valence-electron chi connectivity index (χ1n) is 13.2. The summed E-state index contributed by atoms with van der Waals surface area (Å²) in [6.07, 6.45) is 6.86. The maximum Gasteiger partial charge on any atom is 0.435 e. The number of ketones is 1. The highest BCUT2D eigenvalue weighted by molar-refractivity contribution is 8.14. The molecule has 9 heteroatoms. The summed E-state index contributed by atoms with van der Waals surface area (Å²) in [5.74, 6) is -0.283. The quantitative estimate of drug-likeness (QED) is 0.394. The zero-order valence-electron chi connectivity index (χ0n) is 22.5. The molecule has 2 fully saturated rings. The van der Waals surface area contributed by atoms with Gasteiger partial charge in [-0.05, 0) is 70.6 Å². The van der Waals surface area contributed by atoms with E-state index in [0.29, 0.717) is 37.9 Å². The lowest BCUT2D eigenvalue weighted by Crippen LogP contribution is -2.43. The standard InChI is InChI=1S/C29H36FN3O4S/c1-19(34)38-25-15-16-32(26(27(35)20-12-13-20)23-10-5-6-11-24(23)30)18-21(25)8-7-9-22-14-17-33(31-22)28(36)37-29(2,3)4/h5-6,8,10-11,14,17,20,25-26H,7,9,12-13,15-16,18H2,1-4H3/b21-8+. The first-order valence-corrected chi connectivity index (χ1v) is 14.1. The number of Topliss-reactive ketones (excluding diaryl/α,β-unsaturated/α-hetero) is 1. The predicted octanol–water partition coefficient (Wildman–Crippen LogP) is 5.74. The summed E-state index contributed by atoms with van der Waals surface area (Å²) in [7, 11) is 0. The monoisotopic (exact) mass is 541 g/mol. The zero-order chi connectivity index (χ0) is 27.4. The Kier molecular flexibility index (Phi) is 8.88. The first kappa shape index (κ1) is 28.2. The molecular weight excluding hydrogens is 505 g/mol. The summed E-state index contributed by atoms with van der Waals surface area (Å²) in [5.41, 5.74) is 1.64. The van der Waals surface area contributed by atoms with Gasteiger partial charge in [-0.25, -0.2) is 9.18 Å². The molecule has 2 aromatic rings. The number of piperidine rings is 1. The summed E-state index contributed by atoms with van der Waals surface area (Å²) in [5, 5.41) is 4.40. The molecule has 2 atom stereocenters. The van der Waals surface area contributed by atoms with E-state index in [1.165, 1.54) is 22.5 Å². The van der Waals surface area contributed by atoms with Crippen LogP contribution >= 0.6 is 11.8 Å². The molecule has 2 unspecified atom stereocenters. The van der Waals surface area contributed by atoms with Crippen molar-refractivity contribution < 1.29 is 23.5 Å². The number of carbonyl (C=O) groups is 3. The number of nitrogens with zero attached hydrogens (tertiary/aromatic N) is 3. The minimum atomic E-state index is -0.625. The molecule has 1 saturated heterocycles. The average Bonchev–Trinajstić information content (AvgIpc) is 3.58. The Labute approximate surface area is 227 Å². The second-order valence-electron chi connectivity index (χ2n) is 11.0. The van der Waals surface area contributed by atoms with Crippen molar-refractivity contribution in [2.75, 3.05) is 13.1 Å². The lowest BCUT2D eigenvalue weighted by molar-refractivity contribution is -0.126. The molecule has 1 aromatic carbocycles. The van der Waals surface area contributed by atoms with Gasteiger partial charge in [0.1, 0.15) is 11.4 Å². The number of ether oxygens (including phenoxy) is 1. The highest BCUT2D eigenvalue weighted by Gasteiger charge is 2.41. The van der Waals surface area contributed by atoms with E-state index in [1.54, 1.807) is 58.2 Å². The molecule has 2 aliphatic rings. The van der Waals surface area contributed by atoms with E-state index in [-0.39, 0.29) is 27.9 Å². The average molecular weight is 542 g/mol. The predicted molar refractivity (Wildman–Crippen MR) is 145 cm³/mol. The summed E-state index contributed by atoms with van der Waals surface area (Å²) in [6.45, 7) is 8.09. The Balaban J connectivity index is 1.50. The maximum atomic E-state index is 14.8. The third kappa shape index (κ3) is 7.41. The Morgan fingerprint density at radius 3 is 2.58 bits per heavy atom. The number of benzene rings is 1. The van der Waals surface area contributed by atoms with Gasteiger partial charge in [0.2, 0.25) is 0 Å². The third-order valence-corrected chi connectivity index (χ3v) is 7.79. The van der Waals surface area contributed by atoms with E-state index >= 15 is 0 Å². The van der Waals surface area contributed by atoms with E-state index in [1.807, 2.05) is 0 Å². The third-order valence-electron chi connectivity index (χ3n) is 6.63. The molecular formula is C29H36FN3O4S. The van der Waals surface area contributed by atoms with E-state index in [9.17, 15) is 18.8 Å². The van der Waals surface area contributed by atoms with Crippen molar-refractivity contribution in [3.8, 4) is 0 Å². The molecule has 0 bridgehead atoms. The van der Waals surface area contributed by atoms with Crippen molar-refractivity contribution in [3.63, 3.8) is 0 Å². The number of likely N-dealkylation sites (tertiary alicyclic amines) is 1. The van der Waals surface area contributed by atoms with Crippen LogP contribution in [0.25, 0.3) is 0 Å². The minimum Gasteiger partial charge on any atom is -0.442 e. The Bertz CT molecular complexity index is 1210. The van der Waals surface area contributed by atoms with Gasteiger partial charge in [0.05, 0.1) is 11.7 Å². The van der Waals surface area contributed by atoms with Crippen molar-refractivity contribution in [1.82, 2.24) is 14.7 Å². The molecule has 38 heavy (non-hydrogen) atoms. The lowest BCUT2D eigenvalue weighted by atomic mass is 9.93. The topological polar surface area (TPSA) is 81.5 Å². The number of hydrogen-bond donors (Lipinski definition) is 0. The number of aromatic nitrogens is 2.